The molecule has 0 aliphatic carbocycles. The lowest BCUT2D eigenvalue weighted by Crippen LogP contribution is -1.98. The van der Waals surface area contributed by atoms with Crippen LogP contribution in [0, 0.1) is 17.1 Å². The van der Waals surface area contributed by atoms with E-state index in [0.717, 1.165) is 10.4 Å². The summed E-state index contributed by atoms with van der Waals surface area (Å²) in [6.07, 6.45) is 1.63. The fourth-order valence-electron chi connectivity index (χ4n) is 2.65. The van der Waals surface area contributed by atoms with Gasteiger partial charge in [-0.25, -0.2) is 19.3 Å². The average Bonchev–Trinajstić information content (AvgIpc) is 3.11. The number of nitrogens with zero attached hydrogens (tertiary/aromatic N) is 4. The Morgan fingerprint density at radius 2 is 1.89 bits per heavy atom. The smallest absolute Gasteiger partial charge is 0.227 e. The van der Waals surface area contributed by atoms with Gasteiger partial charge in [0.1, 0.15) is 5.82 Å². The number of thiazole rings is 1. The SMILES string of the molecule is N#Cc1cccc(Nc2nccc(-c3sc(N)nc3-c3ccc(F)cc3)n2)c1. The van der Waals surface area contributed by atoms with E-state index in [0.29, 0.717) is 33.7 Å². The zero-order valence-electron chi connectivity index (χ0n) is 14.4. The summed E-state index contributed by atoms with van der Waals surface area (Å²) in [5, 5.41) is 12.5. The van der Waals surface area contributed by atoms with Crippen molar-refractivity contribution in [3.05, 3.63) is 72.2 Å². The highest BCUT2D eigenvalue weighted by atomic mass is 32.1. The van der Waals surface area contributed by atoms with Crippen LogP contribution in [0.1, 0.15) is 5.56 Å². The van der Waals surface area contributed by atoms with Crippen molar-refractivity contribution < 1.29 is 4.39 Å². The van der Waals surface area contributed by atoms with Gasteiger partial charge in [-0.1, -0.05) is 17.4 Å². The third-order valence-electron chi connectivity index (χ3n) is 3.90. The molecule has 0 aliphatic heterocycles. The van der Waals surface area contributed by atoms with Gasteiger partial charge in [-0.15, -0.1) is 0 Å². The van der Waals surface area contributed by atoms with Crippen LogP contribution in [-0.2, 0) is 0 Å². The van der Waals surface area contributed by atoms with Gasteiger partial charge in [-0.05, 0) is 48.5 Å². The summed E-state index contributed by atoms with van der Waals surface area (Å²) in [6.45, 7) is 0. The van der Waals surface area contributed by atoms with E-state index in [9.17, 15) is 4.39 Å². The van der Waals surface area contributed by atoms with Crippen molar-refractivity contribution in [2.24, 2.45) is 0 Å². The van der Waals surface area contributed by atoms with Gasteiger partial charge in [0.25, 0.3) is 0 Å². The molecular formula is C20H13FN6S. The highest BCUT2D eigenvalue weighted by Gasteiger charge is 2.16. The molecular weight excluding hydrogens is 375 g/mol. The van der Waals surface area contributed by atoms with Crippen molar-refractivity contribution in [2.45, 2.75) is 0 Å². The summed E-state index contributed by atoms with van der Waals surface area (Å²) >= 11 is 1.30. The molecule has 0 unspecified atom stereocenters. The number of nitrogens with one attached hydrogen (secondary N) is 1. The summed E-state index contributed by atoms with van der Waals surface area (Å²) in [4.78, 5) is 13.9. The Hall–Kier alpha value is -3.83. The largest absolute Gasteiger partial charge is 0.375 e. The highest BCUT2D eigenvalue weighted by molar-refractivity contribution is 7.19. The summed E-state index contributed by atoms with van der Waals surface area (Å²) in [5.74, 6) is 0.0613. The number of nitrogen functional groups attached to an aromatic ring is 1. The molecule has 3 N–H and O–H groups in total. The number of rotatable bonds is 4. The minimum Gasteiger partial charge on any atom is -0.375 e. The van der Waals surface area contributed by atoms with Crippen molar-refractivity contribution >= 4 is 28.1 Å². The summed E-state index contributed by atoms with van der Waals surface area (Å²) < 4.78 is 13.3. The highest BCUT2D eigenvalue weighted by Crippen LogP contribution is 2.37. The van der Waals surface area contributed by atoms with Crippen molar-refractivity contribution in [2.75, 3.05) is 11.1 Å². The lowest BCUT2D eigenvalue weighted by Gasteiger charge is -2.07. The van der Waals surface area contributed by atoms with Gasteiger partial charge < -0.3 is 11.1 Å². The van der Waals surface area contributed by atoms with E-state index in [1.54, 1.807) is 42.6 Å². The number of nitrogens with two attached hydrogens (primary N) is 1. The van der Waals surface area contributed by atoms with E-state index in [1.165, 1.54) is 23.5 Å². The monoisotopic (exact) mass is 388 g/mol. The first kappa shape index (κ1) is 17.6. The second kappa shape index (κ2) is 7.42. The Morgan fingerprint density at radius 3 is 2.68 bits per heavy atom. The first-order valence-electron chi connectivity index (χ1n) is 8.25. The first-order chi connectivity index (χ1) is 13.6. The molecule has 0 bridgehead atoms. The lowest BCUT2D eigenvalue weighted by molar-refractivity contribution is 0.628. The predicted octanol–water partition coefficient (Wildman–Crippen LogP) is 4.60. The molecule has 0 atom stereocenters. The van der Waals surface area contributed by atoms with Gasteiger partial charge in [0, 0.05) is 17.4 Å². The quantitative estimate of drug-likeness (QED) is 0.530. The van der Waals surface area contributed by atoms with E-state index in [-0.39, 0.29) is 5.82 Å². The molecule has 4 aromatic rings. The number of benzene rings is 2. The van der Waals surface area contributed by atoms with Crippen molar-refractivity contribution in [3.8, 4) is 27.9 Å². The van der Waals surface area contributed by atoms with E-state index < -0.39 is 0 Å². The fraction of sp³-hybridized carbons (Fsp3) is 0. The number of halogens is 1. The number of hydrogen-bond acceptors (Lipinski definition) is 7. The number of aromatic nitrogens is 3. The molecule has 0 radical (unpaired) electrons. The van der Waals surface area contributed by atoms with Crippen LogP contribution in [0.2, 0.25) is 0 Å². The molecule has 8 heteroatoms. The molecule has 136 valence electrons. The van der Waals surface area contributed by atoms with Gasteiger partial charge >= 0.3 is 0 Å². The van der Waals surface area contributed by atoms with Crippen LogP contribution in [0.15, 0.2) is 60.8 Å². The van der Waals surface area contributed by atoms with Gasteiger partial charge in [0.05, 0.1) is 27.9 Å². The third-order valence-corrected chi connectivity index (χ3v) is 4.80. The molecule has 0 saturated heterocycles. The van der Waals surface area contributed by atoms with Crippen LogP contribution in [0.4, 0.5) is 21.2 Å². The Labute approximate surface area is 164 Å². The normalized spacial score (nSPS) is 10.4. The average molecular weight is 388 g/mol. The molecule has 2 aromatic carbocycles. The minimum atomic E-state index is -0.318. The van der Waals surface area contributed by atoms with Crippen molar-refractivity contribution in [1.29, 1.82) is 5.26 Å². The van der Waals surface area contributed by atoms with Crippen LogP contribution >= 0.6 is 11.3 Å². The standard InChI is InChI=1S/C20H13FN6S/c21-14-6-4-13(5-7-14)17-18(28-19(23)27-17)16-8-9-24-20(26-16)25-15-3-1-2-12(10-15)11-22/h1-10H,(H2,23,27)(H,24,25,26). The van der Waals surface area contributed by atoms with E-state index >= 15 is 0 Å². The first-order valence-corrected chi connectivity index (χ1v) is 9.07. The number of hydrogen-bond donors (Lipinski definition) is 2. The van der Waals surface area contributed by atoms with Crippen LogP contribution in [0.25, 0.3) is 21.8 Å². The molecule has 2 aromatic heterocycles. The van der Waals surface area contributed by atoms with Gasteiger partial charge in [-0.3, -0.25) is 0 Å². The summed E-state index contributed by atoms with van der Waals surface area (Å²) in [7, 11) is 0. The Bertz CT molecular complexity index is 1180. The van der Waals surface area contributed by atoms with Gasteiger partial charge in [0.15, 0.2) is 5.13 Å². The molecule has 0 saturated carbocycles. The zero-order valence-corrected chi connectivity index (χ0v) is 15.2. The molecule has 28 heavy (non-hydrogen) atoms. The van der Waals surface area contributed by atoms with Crippen LogP contribution in [0.3, 0.4) is 0 Å². The van der Waals surface area contributed by atoms with Crippen molar-refractivity contribution in [1.82, 2.24) is 15.0 Å². The van der Waals surface area contributed by atoms with Gasteiger partial charge in [0.2, 0.25) is 5.95 Å². The fourth-order valence-corrected chi connectivity index (χ4v) is 3.48. The maximum atomic E-state index is 13.3. The van der Waals surface area contributed by atoms with E-state index in [1.807, 2.05) is 6.07 Å². The predicted molar refractivity (Wildman–Crippen MR) is 107 cm³/mol. The van der Waals surface area contributed by atoms with Crippen LogP contribution in [0.5, 0.6) is 0 Å². The third kappa shape index (κ3) is 3.65. The molecule has 0 fully saturated rings. The second-order valence-electron chi connectivity index (χ2n) is 5.82. The molecule has 2 heterocycles. The minimum absolute atomic E-state index is 0.318. The maximum absolute atomic E-state index is 13.3. The maximum Gasteiger partial charge on any atom is 0.227 e. The van der Waals surface area contributed by atoms with E-state index in [2.05, 4.69) is 26.3 Å². The molecule has 4 rings (SSSR count). The molecule has 6 nitrogen and oxygen atoms in total. The number of anilines is 3. The van der Waals surface area contributed by atoms with E-state index in [4.69, 9.17) is 11.0 Å². The zero-order chi connectivity index (χ0) is 19.5. The second-order valence-corrected chi connectivity index (χ2v) is 6.85. The Balaban J connectivity index is 1.70. The molecule has 0 aliphatic rings. The summed E-state index contributed by atoms with van der Waals surface area (Å²) in [5.41, 5.74) is 9.19. The molecule has 0 amide bonds. The van der Waals surface area contributed by atoms with Crippen LogP contribution < -0.4 is 11.1 Å². The van der Waals surface area contributed by atoms with Crippen LogP contribution in [-0.4, -0.2) is 15.0 Å². The Kier molecular flexibility index (Phi) is 4.66. The molecule has 0 spiro atoms. The lowest BCUT2D eigenvalue weighted by atomic mass is 10.1. The topological polar surface area (TPSA) is 101 Å². The number of nitriles is 1. The summed E-state index contributed by atoms with van der Waals surface area (Å²) in [6, 6.07) is 17.0. The van der Waals surface area contributed by atoms with Gasteiger partial charge in [-0.2, -0.15) is 5.26 Å². The van der Waals surface area contributed by atoms with Crippen molar-refractivity contribution in [3.63, 3.8) is 0 Å². The Morgan fingerprint density at radius 1 is 1.07 bits per heavy atom.